The van der Waals surface area contributed by atoms with Crippen molar-refractivity contribution in [1.29, 1.82) is 0 Å². The molecule has 2 atom stereocenters. The molecular weight excluding hydrogens is 222 g/mol. The Hall–Kier alpha value is -1.02. The number of hydrogen-bond acceptors (Lipinski definition) is 2. The highest BCUT2D eigenvalue weighted by Crippen LogP contribution is 2.28. The molecule has 2 unspecified atom stereocenters. The van der Waals surface area contributed by atoms with E-state index in [-0.39, 0.29) is 0 Å². The average molecular weight is 247 g/mol. The van der Waals surface area contributed by atoms with E-state index >= 15 is 0 Å². The van der Waals surface area contributed by atoms with Crippen molar-refractivity contribution in [2.75, 3.05) is 18.5 Å². The van der Waals surface area contributed by atoms with Crippen molar-refractivity contribution >= 4 is 5.69 Å². The van der Waals surface area contributed by atoms with Gasteiger partial charge in [-0.25, -0.2) is 0 Å². The predicted octanol–water partition coefficient (Wildman–Crippen LogP) is 4.08. The summed E-state index contributed by atoms with van der Waals surface area (Å²) in [5, 5.41) is 3.39. The summed E-state index contributed by atoms with van der Waals surface area (Å²) in [6.45, 7) is 4.00. The monoisotopic (exact) mass is 247 g/mol. The molecule has 0 spiro atoms. The first-order chi connectivity index (χ1) is 8.90. The summed E-state index contributed by atoms with van der Waals surface area (Å²) < 4.78 is 6.05. The summed E-state index contributed by atoms with van der Waals surface area (Å²) in [5.41, 5.74) is 1.18. The molecule has 1 N–H and O–H groups in total. The fraction of sp³-hybridized carbons (Fsp3) is 0.625. The van der Waals surface area contributed by atoms with Gasteiger partial charge in [-0.05, 0) is 30.9 Å². The van der Waals surface area contributed by atoms with Crippen molar-refractivity contribution in [1.82, 2.24) is 0 Å². The Balaban J connectivity index is 1.65. The quantitative estimate of drug-likeness (QED) is 0.765. The summed E-state index contributed by atoms with van der Waals surface area (Å²) in [5.74, 6) is 0.787. The minimum absolute atomic E-state index is 0.501. The van der Waals surface area contributed by atoms with Gasteiger partial charge in [0.2, 0.25) is 0 Å². The van der Waals surface area contributed by atoms with E-state index in [2.05, 4.69) is 36.5 Å². The molecule has 1 aliphatic rings. The summed E-state index contributed by atoms with van der Waals surface area (Å²) in [6.07, 6.45) is 7.10. The maximum atomic E-state index is 6.05. The molecule has 0 aromatic heterocycles. The molecule has 0 aliphatic heterocycles. The van der Waals surface area contributed by atoms with E-state index in [1.54, 1.807) is 0 Å². The molecule has 0 radical (unpaired) electrons. The molecule has 0 saturated heterocycles. The molecule has 18 heavy (non-hydrogen) atoms. The van der Waals surface area contributed by atoms with Crippen LogP contribution in [-0.4, -0.2) is 19.3 Å². The van der Waals surface area contributed by atoms with Crippen molar-refractivity contribution in [3.63, 3.8) is 0 Å². The molecule has 1 aromatic rings. The molecule has 0 heterocycles. The van der Waals surface area contributed by atoms with Gasteiger partial charge >= 0.3 is 0 Å². The predicted molar refractivity (Wildman–Crippen MR) is 76.9 cm³/mol. The van der Waals surface area contributed by atoms with E-state index < -0.39 is 0 Å². The van der Waals surface area contributed by atoms with Crippen molar-refractivity contribution in [3.8, 4) is 0 Å². The molecular formula is C16H25NO. The number of rotatable bonds is 6. The fourth-order valence-electron chi connectivity index (χ4n) is 2.82. The zero-order valence-corrected chi connectivity index (χ0v) is 11.4. The summed E-state index contributed by atoms with van der Waals surface area (Å²) in [4.78, 5) is 0. The number of anilines is 1. The molecule has 0 bridgehead atoms. The first kappa shape index (κ1) is 13.4. The SMILES string of the molecule is CCC1CCCCC1OCCNc1ccccc1. The topological polar surface area (TPSA) is 21.3 Å². The van der Waals surface area contributed by atoms with Crippen molar-refractivity contribution < 1.29 is 4.74 Å². The summed E-state index contributed by atoms with van der Waals surface area (Å²) in [6, 6.07) is 10.3. The van der Waals surface area contributed by atoms with Crippen LogP contribution in [0.2, 0.25) is 0 Å². The molecule has 1 aromatic carbocycles. The van der Waals surface area contributed by atoms with Crippen LogP contribution in [0.25, 0.3) is 0 Å². The van der Waals surface area contributed by atoms with Crippen LogP contribution < -0.4 is 5.32 Å². The Kier molecular flexibility index (Phi) is 5.53. The molecule has 1 aliphatic carbocycles. The summed E-state index contributed by atoms with van der Waals surface area (Å²) in [7, 11) is 0. The lowest BCUT2D eigenvalue weighted by atomic mass is 9.85. The van der Waals surface area contributed by atoms with Gasteiger partial charge in [-0.2, -0.15) is 0 Å². The van der Waals surface area contributed by atoms with Gasteiger partial charge in [0, 0.05) is 12.2 Å². The van der Waals surface area contributed by atoms with E-state index in [1.165, 1.54) is 37.8 Å². The van der Waals surface area contributed by atoms with Crippen LogP contribution >= 0.6 is 0 Å². The highest BCUT2D eigenvalue weighted by Gasteiger charge is 2.23. The van der Waals surface area contributed by atoms with Crippen LogP contribution in [0, 0.1) is 5.92 Å². The molecule has 100 valence electrons. The molecule has 2 rings (SSSR count). The zero-order valence-electron chi connectivity index (χ0n) is 11.4. The molecule has 0 amide bonds. The van der Waals surface area contributed by atoms with Gasteiger partial charge in [0.25, 0.3) is 0 Å². The Morgan fingerprint density at radius 3 is 2.72 bits per heavy atom. The van der Waals surface area contributed by atoms with Gasteiger partial charge in [0.15, 0.2) is 0 Å². The van der Waals surface area contributed by atoms with Crippen LogP contribution in [-0.2, 0) is 4.74 Å². The van der Waals surface area contributed by atoms with E-state index in [1.807, 2.05) is 6.07 Å². The second-order valence-electron chi connectivity index (χ2n) is 5.15. The smallest absolute Gasteiger partial charge is 0.0642 e. The highest BCUT2D eigenvalue weighted by atomic mass is 16.5. The molecule has 2 heteroatoms. The largest absolute Gasteiger partial charge is 0.383 e. The van der Waals surface area contributed by atoms with E-state index in [9.17, 15) is 0 Å². The standard InChI is InChI=1S/C16H25NO/c1-2-14-8-6-7-11-16(14)18-13-12-17-15-9-4-3-5-10-15/h3-5,9-10,14,16-17H,2,6-8,11-13H2,1H3. The van der Waals surface area contributed by atoms with Gasteiger partial charge < -0.3 is 10.1 Å². The number of hydrogen-bond donors (Lipinski definition) is 1. The second-order valence-corrected chi connectivity index (χ2v) is 5.15. The minimum atomic E-state index is 0.501. The van der Waals surface area contributed by atoms with Gasteiger partial charge in [-0.15, -0.1) is 0 Å². The number of benzene rings is 1. The van der Waals surface area contributed by atoms with E-state index in [0.717, 1.165) is 19.1 Å². The van der Waals surface area contributed by atoms with Gasteiger partial charge in [0.1, 0.15) is 0 Å². The van der Waals surface area contributed by atoms with Crippen molar-refractivity contribution in [2.24, 2.45) is 5.92 Å². The van der Waals surface area contributed by atoms with Crippen LogP contribution in [0.3, 0.4) is 0 Å². The second kappa shape index (κ2) is 7.42. The van der Waals surface area contributed by atoms with Gasteiger partial charge in [0.05, 0.1) is 12.7 Å². The molecule has 2 nitrogen and oxygen atoms in total. The summed E-state index contributed by atoms with van der Waals surface area (Å²) >= 11 is 0. The number of ether oxygens (including phenoxy) is 1. The lowest BCUT2D eigenvalue weighted by Gasteiger charge is -2.30. The first-order valence-electron chi connectivity index (χ1n) is 7.30. The van der Waals surface area contributed by atoms with Crippen LogP contribution in [0.1, 0.15) is 39.0 Å². The van der Waals surface area contributed by atoms with Crippen molar-refractivity contribution in [2.45, 2.75) is 45.1 Å². The van der Waals surface area contributed by atoms with E-state index in [0.29, 0.717) is 6.10 Å². The van der Waals surface area contributed by atoms with Gasteiger partial charge in [-0.1, -0.05) is 44.4 Å². The van der Waals surface area contributed by atoms with Crippen LogP contribution in [0.15, 0.2) is 30.3 Å². The van der Waals surface area contributed by atoms with Crippen LogP contribution in [0.5, 0.6) is 0 Å². The number of nitrogens with one attached hydrogen (secondary N) is 1. The Morgan fingerprint density at radius 1 is 1.17 bits per heavy atom. The average Bonchev–Trinajstić information content (AvgIpc) is 2.45. The Labute approximate surface area is 111 Å². The van der Waals surface area contributed by atoms with Gasteiger partial charge in [-0.3, -0.25) is 0 Å². The Bertz CT molecular complexity index is 325. The highest BCUT2D eigenvalue weighted by molar-refractivity contribution is 5.42. The lowest BCUT2D eigenvalue weighted by Crippen LogP contribution is -2.29. The van der Waals surface area contributed by atoms with Crippen molar-refractivity contribution in [3.05, 3.63) is 30.3 Å². The minimum Gasteiger partial charge on any atom is -0.383 e. The van der Waals surface area contributed by atoms with Crippen LogP contribution in [0.4, 0.5) is 5.69 Å². The third-order valence-electron chi connectivity index (χ3n) is 3.90. The maximum absolute atomic E-state index is 6.05. The normalized spacial score (nSPS) is 23.8. The lowest BCUT2D eigenvalue weighted by molar-refractivity contribution is -0.00688. The first-order valence-corrected chi connectivity index (χ1v) is 7.30. The maximum Gasteiger partial charge on any atom is 0.0642 e. The Morgan fingerprint density at radius 2 is 1.94 bits per heavy atom. The third-order valence-corrected chi connectivity index (χ3v) is 3.90. The fourth-order valence-corrected chi connectivity index (χ4v) is 2.82. The third kappa shape index (κ3) is 4.02. The number of para-hydroxylation sites is 1. The van der Waals surface area contributed by atoms with E-state index in [4.69, 9.17) is 4.74 Å². The zero-order chi connectivity index (χ0) is 12.6. The molecule has 1 fully saturated rings. The molecule has 1 saturated carbocycles.